The molecule has 2 fully saturated rings. The normalized spacial score (nSPS) is 21.0. The molecule has 2 aromatic rings. The molecule has 5 N–H and O–H groups in total. The number of carboxylic acid groups (broad SMARTS) is 3. The van der Waals surface area contributed by atoms with Gasteiger partial charge in [0.25, 0.3) is 0 Å². The maximum Gasteiger partial charge on any atom is 0.490 e. The van der Waals surface area contributed by atoms with Gasteiger partial charge in [0.1, 0.15) is 5.69 Å². The van der Waals surface area contributed by atoms with Gasteiger partial charge in [-0.2, -0.15) is 26.3 Å². The molecular formula is C31H37F6N3O7. The van der Waals surface area contributed by atoms with Crippen molar-refractivity contribution < 1.29 is 60.8 Å². The first-order chi connectivity index (χ1) is 22.0. The monoisotopic (exact) mass is 677 g/mol. The van der Waals surface area contributed by atoms with Gasteiger partial charge in [0, 0.05) is 44.6 Å². The Hall–Kier alpha value is -4.02. The predicted octanol–water partition coefficient (Wildman–Crippen LogP) is 5.55. The molecule has 4 rings (SSSR count). The molecule has 2 aliphatic rings. The van der Waals surface area contributed by atoms with Crippen molar-refractivity contribution in [2.24, 2.45) is 5.92 Å². The van der Waals surface area contributed by atoms with Crippen LogP contribution in [0.25, 0.3) is 6.08 Å². The van der Waals surface area contributed by atoms with Crippen molar-refractivity contribution in [1.29, 1.82) is 0 Å². The van der Waals surface area contributed by atoms with E-state index in [1.165, 1.54) is 30.4 Å². The van der Waals surface area contributed by atoms with E-state index in [4.69, 9.17) is 29.6 Å². The van der Waals surface area contributed by atoms with E-state index in [9.17, 15) is 31.1 Å². The molecule has 2 aliphatic carbocycles. The van der Waals surface area contributed by atoms with Crippen LogP contribution in [-0.2, 0) is 20.9 Å². The van der Waals surface area contributed by atoms with Crippen LogP contribution >= 0.6 is 0 Å². The highest BCUT2D eigenvalue weighted by atomic mass is 19.4. The van der Waals surface area contributed by atoms with Crippen molar-refractivity contribution in [3.05, 3.63) is 71.1 Å². The van der Waals surface area contributed by atoms with Crippen molar-refractivity contribution in [3.8, 4) is 0 Å². The van der Waals surface area contributed by atoms with Crippen molar-refractivity contribution in [1.82, 2.24) is 15.6 Å². The second-order valence-corrected chi connectivity index (χ2v) is 10.9. The first-order valence-corrected chi connectivity index (χ1v) is 14.5. The van der Waals surface area contributed by atoms with Crippen molar-refractivity contribution in [2.75, 3.05) is 13.7 Å². The molecule has 16 heteroatoms. The number of benzene rings is 1. The number of carboxylic acids is 3. The number of aliphatic carboxylic acids is 2. The van der Waals surface area contributed by atoms with Gasteiger partial charge in [-0.05, 0) is 61.6 Å². The summed E-state index contributed by atoms with van der Waals surface area (Å²) in [5.41, 5.74) is 3.88. The largest absolute Gasteiger partial charge is 0.490 e. The summed E-state index contributed by atoms with van der Waals surface area (Å²) in [6.07, 6.45) is 0.746. The van der Waals surface area contributed by atoms with Gasteiger partial charge in [-0.25, -0.2) is 19.4 Å². The van der Waals surface area contributed by atoms with Gasteiger partial charge in [0.2, 0.25) is 0 Å². The van der Waals surface area contributed by atoms with Crippen LogP contribution in [0.2, 0.25) is 0 Å². The molecule has 10 nitrogen and oxygen atoms in total. The fourth-order valence-corrected chi connectivity index (χ4v) is 4.82. The number of nitrogens with zero attached hydrogens (tertiary/aromatic N) is 1. The smallest absolute Gasteiger partial charge is 0.477 e. The Kier molecular flexibility index (Phi) is 15.3. The standard InChI is InChI=1S/C27H35N3O3.2C2HF3O2/c1-33-14-13-21(15-19-5-3-2-4-6-19)24-16-26(24)30-23-10-8-22(9-11-23)28-17-20-7-12-25(27(31)32)29-18-20;2*3-2(4,5)1(6)7/h2-7,12,15,18,22-24,26,28,30H,8-11,13-14,16-17H2,1H3,(H,31,32);2*(H,6,7)/b21-15+;;/t22?,23?,24-,26+;;/m0../s1. The Balaban J connectivity index is 0.000000459. The predicted molar refractivity (Wildman–Crippen MR) is 157 cm³/mol. The summed E-state index contributed by atoms with van der Waals surface area (Å²) in [7, 11) is 1.77. The molecule has 0 radical (unpaired) electrons. The number of hydrogen-bond acceptors (Lipinski definition) is 7. The molecule has 1 heterocycles. The summed E-state index contributed by atoms with van der Waals surface area (Å²) < 4.78 is 68.8. The third-order valence-corrected chi connectivity index (χ3v) is 7.31. The Morgan fingerprint density at radius 2 is 1.45 bits per heavy atom. The van der Waals surface area contributed by atoms with Gasteiger partial charge < -0.3 is 30.7 Å². The van der Waals surface area contributed by atoms with Crippen LogP contribution in [0.1, 0.15) is 60.1 Å². The number of methoxy groups -OCH3 is 1. The second kappa shape index (κ2) is 18.4. The summed E-state index contributed by atoms with van der Waals surface area (Å²) in [5.74, 6) is -5.88. The van der Waals surface area contributed by atoms with Crippen LogP contribution in [0.5, 0.6) is 0 Å². The lowest BCUT2D eigenvalue weighted by molar-refractivity contribution is -0.193. The molecule has 2 saturated carbocycles. The number of aromatic carboxylic acids is 1. The molecule has 0 saturated heterocycles. The third-order valence-electron chi connectivity index (χ3n) is 7.31. The maximum atomic E-state index is 10.9. The number of hydrogen-bond donors (Lipinski definition) is 5. The van der Waals surface area contributed by atoms with Crippen LogP contribution in [0.3, 0.4) is 0 Å². The Labute approximate surface area is 266 Å². The van der Waals surface area contributed by atoms with Crippen LogP contribution in [-0.4, -0.2) is 82.4 Å². The number of nitrogens with one attached hydrogen (secondary N) is 2. The SMILES string of the molecule is COCC/C(=C\c1ccccc1)[C@@H]1C[C@H]1NC1CCC(NCc2ccc(C(=O)O)nc2)CC1.O=C(O)C(F)(F)F.O=C(O)C(F)(F)F. The molecule has 0 aliphatic heterocycles. The van der Waals surface area contributed by atoms with E-state index >= 15 is 0 Å². The highest BCUT2D eigenvalue weighted by Crippen LogP contribution is 2.41. The van der Waals surface area contributed by atoms with Crippen molar-refractivity contribution >= 4 is 24.0 Å². The fourth-order valence-electron chi connectivity index (χ4n) is 4.82. The van der Waals surface area contributed by atoms with Crippen molar-refractivity contribution in [2.45, 2.75) is 75.5 Å². The molecule has 260 valence electrons. The van der Waals surface area contributed by atoms with E-state index in [2.05, 4.69) is 52.0 Å². The zero-order valence-electron chi connectivity index (χ0n) is 25.4. The van der Waals surface area contributed by atoms with Crippen LogP contribution in [0.15, 0.2) is 54.2 Å². The third kappa shape index (κ3) is 15.0. The lowest BCUT2D eigenvalue weighted by atomic mass is 9.91. The minimum atomic E-state index is -5.08. The number of aromatic nitrogens is 1. The minimum Gasteiger partial charge on any atom is -0.477 e. The molecular weight excluding hydrogens is 640 g/mol. The van der Waals surface area contributed by atoms with E-state index in [1.54, 1.807) is 19.4 Å². The molecule has 0 unspecified atom stereocenters. The van der Waals surface area contributed by atoms with Crippen LogP contribution < -0.4 is 10.6 Å². The summed E-state index contributed by atoms with van der Waals surface area (Å²) >= 11 is 0. The summed E-state index contributed by atoms with van der Waals surface area (Å²) in [6.45, 7) is 1.50. The minimum absolute atomic E-state index is 0.0905. The van der Waals surface area contributed by atoms with Gasteiger partial charge in [-0.3, -0.25) is 0 Å². The van der Waals surface area contributed by atoms with Gasteiger partial charge in [-0.1, -0.05) is 48.0 Å². The summed E-state index contributed by atoms with van der Waals surface area (Å²) in [6, 6.07) is 15.7. The van der Waals surface area contributed by atoms with Gasteiger partial charge in [0.15, 0.2) is 0 Å². The number of carbonyl (C=O) groups is 3. The zero-order chi connectivity index (χ0) is 35.2. The van der Waals surface area contributed by atoms with Gasteiger partial charge >= 0.3 is 30.3 Å². The average molecular weight is 678 g/mol. The Morgan fingerprint density at radius 3 is 1.91 bits per heavy atom. The Bertz CT molecular complexity index is 1290. The lowest BCUT2D eigenvalue weighted by Gasteiger charge is -2.30. The van der Waals surface area contributed by atoms with Gasteiger partial charge in [0.05, 0.1) is 0 Å². The average Bonchev–Trinajstić information content (AvgIpc) is 3.78. The van der Waals surface area contributed by atoms with E-state index in [0.29, 0.717) is 24.0 Å². The molecule has 0 spiro atoms. The van der Waals surface area contributed by atoms with Gasteiger partial charge in [-0.15, -0.1) is 0 Å². The summed E-state index contributed by atoms with van der Waals surface area (Å²) in [5, 5.41) is 30.7. The fraction of sp³-hybridized carbons (Fsp3) is 0.484. The molecule has 1 aromatic carbocycles. The van der Waals surface area contributed by atoms with Crippen LogP contribution in [0.4, 0.5) is 26.3 Å². The summed E-state index contributed by atoms with van der Waals surface area (Å²) in [4.78, 5) is 32.7. The Morgan fingerprint density at radius 1 is 0.894 bits per heavy atom. The van der Waals surface area contributed by atoms with E-state index in [1.807, 2.05) is 6.07 Å². The van der Waals surface area contributed by atoms with Crippen LogP contribution in [0, 0.1) is 5.92 Å². The number of pyridine rings is 1. The lowest BCUT2D eigenvalue weighted by Crippen LogP contribution is -2.40. The highest BCUT2D eigenvalue weighted by molar-refractivity contribution is 5.85. The van der Waals surface area contributed by atoms with E-state index in [0.717, 1.165) is 38.0 Å². The number of ether oxygens (including phenoxy) is 1. The first kappa shape index (κ1) is 39.2. The zero-order valence-corrected chi connectivity index (χ0v) is 25.4. The molecule has 2 atom stereocenters. The first-order valence-electron chi connectivity index (χ1n) is 14.5. The number of halogens is 6. The molecule has 0 bridgehead atoms. The number of rotatable bonds is 11. The molecule has 1 aromatic heterocycles. The highest BCUT2D eigenvalue weighted by Gasteiger charge is 2.41. The molecule has 47 heavy (non-hydrogen) atoms. The topological polar surface area (TPSA) is 158 Å². The van der Waals surface area contributed by atoms with E-state index < -0.39 is 30.3 Å². The van der Waals surface area contributed by atoms with E-state index in [-0.39, 0.29) is 5.69 Å². The maximum absolute atomic E-state index is 10.9. The van der Waals surface area contributed by atoms with Crippen molar-refractivity contribution in [3.63, 3.8) is 0 Å². The number of alkyl halides is 6. The molecule has 0 amide bonds. The quantitative estimate of drug-likeness (QED) is 0.191. The second-order valence-electron chi connectivity index (χ2n) is 10.9.